The third-order valence-corrected chi connectivity index (χ3v) is 5.17. The van der Waals surface area contributed by atoms with E-state index in [4.69, 9.17) is 9.84 Å². The van der Waals surface area contributed by atoms with Crippen molar-refractivity contribution < 1.29 is 30.0 Å². The van der Waals surface area contributed by atoms with E-state index in [1.807, 2.05) is 6.08 Å². The zero-order chi connectivity index (χ0) is 20.1. The first-order valence-electron chi connectivity index (χ1n) is 10.5. The molecule has 0 bridgehead atoms. The fourth-order valence-corrected chi connectivity index (χ4v) is 3.40. The zero-order valence-corrected chi connectivity index (χ0v) is 16.6. The van der Waals surface area contributed by atoms with E-state index < -0.39 is 37.1 Å². The Balaban J connectivity index is 2.15. The van der Waals surface area contributed by atoms with Gasteiger partial charge in [0.1, 0.15) is 24.4 Å². The lowest BCUT2D eigenvalue weighted by Crippen LogP contribution is -2.58. The second-order valence-electron chi connectivity index (χ2n) is 7.56. The van der Waals surface area contributed by atoms with E-state index in [1.165, 1.54) is 57.4 Å². The van der Waals surface area contributed by atoms with E-state index in [0.717, 1.165) is 12.8 Å². The first kappa shape index (κ1) is 24.2. The molecule has 0 aromatic rings. The highest BCUT2D eigenvalue weighted by Gasteiger charge is 2.43. The smallest absolute Gasteiger partial charge is 0.158 e. The fraction of sp³-hybridized carbons (Fsp3) is 0.857. The van der Waals surface area contributed by atoms with Crippen molar-refractivity contribution in [2.45, 2.75) is 108 Å². The minimum atomic E-state index is -1.43. The summed E-state index contributed by atoms with van der Waals surface area (Å²) >= 11 is 0. The van der Waals surface area contributed by atoms with Crippen LogP contribution in [0.5, 0.6) is 0 Å². The molecule has 0 spiro atoms. The number of unbranched alkanes of at least 4 members (excludes halogenated alkanes) is 9. The molecule has 4 N–H and O–H groups in total. The average molecular weight is 387 g/mol. The molecule has 1 saturated heterocycles. The van der Waals surface area contributed by atoms with Gasteiger partial charge in [0.05, 0.1) is 12.7 Å². The maximum absolute atomic E-state index is 12.0. The molecule has 1 fully saturated rings. The number of aliphatic hydroxyl groups is 4. The van der Waals surface area contributed by atoms with Gasteiger partial charge in [-0.1, -0.05) is 64.4 Å². The number of ether oxygens (including phenoxy) is 1. The monoisotopic (exact) mass is 386 g/mol. The number of aliphatic hydroxyl groups excluding tert-OH is 4. The number of carbonyl (C=O) groups excluding carboxylic acids is 1. The van der Waals surface area contributed by atoms with Crippen LogP contribution in [0.4, 0.5) is 0 Å². The van der Waals surface area contributed by atoms with Crippen molar-refractivity contribution in [3.8, 4) is 0 Å². The van der Waals surface area contributed by atoms with Crippen LogP contribution in [0, 0.1) is 0 Å². The van der Waals surface area contributed by atoms with Gasteiger partial charge in [-0.25, -0.2) is 0 Å². The third-order valence-electron chi connectivity index (χ3n) is 5.17. The summed E-state index contributed by atoms with van der Waals surface area (Å²) in [5.74, 6) is -0.199. The highest BCUT2D eigenvalue weighted by molar-refractivity contribution is 5.90. The first-order valence-corrected chi connectivity index (χ1v) is 10.5. The van der Waals surface area contributed by atoms with Crippen molar-refractivity contribution in [1.82, 2.24) is 0 Å². The Kier molecular flexibility index (Phi) is 12.8. The van der Waals surface area contributed by atoms with E-state index in [1.54, 1.807) is 0 Å². The van der Waals surface area contributed by atoms with Crippen LogP contribution in [0.25, 0.3) is 0 Å². The predicted molar refractivity (Wildman–Crippen MR) is 104 cm³/mol. The maximum Gasteiger partial charge on any atom is 0.158 e. The van der Waals surface area contributed by atoms with E-state index in [2.05, 4.69) is 6.92 Å². The Bertz CT molecular complexity index is 423. The molecule has 0 aromatic heterocycles. The van der Waals surface area contributed by atoms with Gasteiger partial charge in [-0.2, -0.15) is 0 Å². The van der Waals surface area contributed by atoms with Crippen LogP contribution in [0.2, 0.25) is 0 Å². The number of rotatable bonds is 14. The largest absolute Gasteiger partial charge is 0.394 e. The standard InChI is InChI=1S/C21H38O6/c1-2-3-4-5-6-7-8-9-10-11-12-13-16(23)14-17-19(24)21(26)20(25)18(15-22)27-17/h12-13,17-22,24-26H,2-11,14-15H2,1H3/b13-12+/t17-,18+,19+,20+,21+/m0/s1. The molecule has 6 nitrogen and oxygen atoms in total. The van der Waals surface area contributed by atoms with E-state index in [-0.39, 0.29) is 12.2 Å². The Hall–Kier alpha value is -0.790. The van der Waals surface area contributed by atoms with Gasteiger partial charge in [0, 0.05) is 6.42 Å². The Morgan fingerprint density at radius 2 is 1.41 bits per heavy atom. The maximum atomic E-state index is 12.0. The molecule has 0 aliphatic carbocycles. The van der Waals surface area contributed by atoms with Crippen molar-refractivity contribution in [1.29, 1.82) is 0 Å². The average Bonchev–Trinajstić information content (AvgIpc) is 2.66. The van der Waals surface area contributed by atoms with E-state index >= 15 is 0 Å². The summed E-state index contributed by atoms with van der Waals surface area (Å²) in [6.07, 6.45) is 9.37. The normalized spacial score (nSPS) is 28.7. The highest BCUT2D eigenvalue weighted by atomic mass is 16.5. The second kappa shape index (κ2) is 14.2. The lowest BCUT2D eigenvalue weighted by atomic mass is 9.92. The fourth-order valence-electron chi connectivity index (χ4n) is 3.40. The molecule has 0 aromatic carbocycles. The van der Waals surface area contributed by atoms with E-state index in [9.17, 15) is 20.1 Å². The Morgan fingerprint density at radius 3 is 2.00 bits per heavy atom. The van der Waals surface area contributed by atoms with Crippen molar-refractivity contribution in [3.63, 3.8) is 0 Å². The number of carbonyl (C=O) groups is 1. The van der Waals surface area contributed by atoms with Gasteiger partial charge in [-0.05, 0) is 18.9 Å². The third kappa shape index (κ3) is 9.30. The SMILES string of the molecule is CCCCCCCCCCC/C=C/C(=O)C[C@@H]1O[C@H](CO)[C@@H](O)[C@H](O)[C@@H]1O. The van der Waals surface area contributed by atoms with Crippen molar-refractivity contribution in [2.24, 2.45) is 0 Å². The van der Waals surface area contributed by atoms with Crippen molar-refractivity contribution >= 4 is 5.78 Å². The lowest BCUT2D eigenvalue weighted by Gasteiger charge is -2.39. The molecule has 1 heterocycles. The number of hydrogen-bond acceptors (Lipinski definition) is 6. The molecule has 0 saturated carbocycles. The summed E-state index contributed by atoms with van der Waals surface area (Å²) in [5.41, 5.74) is 0. The topological polar surface area (TPSA) is 107 Å². The molecule has 27 heavy (non-hydrogen) atoms. The Labute approximate surface area is 163 Å². The van der Waals surface area contributed by atoms with Crippen LogP contribution in [-0.2, 0) is 9.53 Å². The number of ketones is 1. The summed E-state index contributed by atoms with van der Waals surface area (Å²) in [7, 11) is 0. The molecular weight excluding hydrogens is 348 g/mol. The summed E-state index contributed by atoms with van der Waals surface area (Å²) in [5, 5.41) is 38.6. The van der Waals surface area contributed by atoms with Crippen LogP contribution in [-0.4, -0.2) is 63.3 Å². The molecule has 1 aliphatic heterocycles. The van der Waals surface area contributed by atoms with E-state index in [0.29, 0.717) is 0 Å². The molecule has 1 aliphatic rings. The minimum absolute atomic E-state index is 0.0876. The van der Waals surface area contributed by atoms with Crippen LogP contribution < -0.4 is 0 Å². The van der Waals surface area contributed by atoms with Crippen LogP contribution in [0.1, 0.15) is 77.6 Å². The first-order chi connectivity index (χ1) is 13.0. The molecular formula is C21H38O6. The molecule has 0 unspecified atom stereocenters. The van der Waals surface area contributed by atoms with Gasteiger partial charge in [0.25, 0.3) is 0 Å². The zero-order valence-electron chi connectivity index (χ0n) is 16.6. The van der Waals surface area contributed by atoms with Gasteiger partial charge in [0.2, 0.25) is 0 Å². The number of hydrogen-bond donors (Lipinski definition) is 4. The molecule has 0 radical (unpaired) electrons. The molecule has 158 valence electrons. The van der Waals surface area contributed by atoms with Gasteiger partial charge in [-0.3, -0.25) is 4.79 Å². The van der Waals surface area contributed by atoms with Gasteiger partial charge < -0.3 is 25.2 Å². The van der Waals surface area contributed by atoms with Gasteiger partial charge >= 0.3 is 0 Å². The van der Waals surface area contributed by atoms with Gasteiger partial charge in [-0.15, -0.1) is 0 Å². The quantitative estimate of drug-likeness (QED) is 0.269. The van der Waals surface area contributed by atoms with Crippen molar-refractivity contribution in [2.75, 3.05) is 6.61 Å². The van der Waals surface area contributed by atoms with Crippen LogP contribution >= 0.6 is 0 Å². The highest BCUT2D eigenvalue weighted by Crippen LogP contribution is 2.23. The Morgan fingerprint density at radius 1 is 0.852 bits per heavy atom. The summed E-state index contributed by atoms with van der Waals surface area (Å²) < 4.78 is 5.34. The second-order valence-corrected chi connectivity index (χ2v) is 7.56. The lowest BCUT2D eigenvalue weighted by molar-refractivity contribution is -0.229. The molecule has 0 amide bonds. The van der Waals surface area contributed by atoms with Crippen LogP contribution in [0.3, 0.4) is 0 Å². The van der Waals surface area contributed by atoms with Gasteiger partial charge in [0.15, 0.2) is 5.78 Å². The molecule has 5 atom stereocenters. The predicted octanol–water partition coefficient (Wildman–Crippen LogP) is 2.27. The summed E-state index contributed by atoms with van der Waals surface area (Å²) in [6.45, 7) is 1.74. The van der Waals surface area contributed by atoms with Crippen LogP contribution in [0.15, 0.2) is 12.2 Å². The minimum Gasteiger partial charge on any atom is -0.394 e. The number of allylic oxidation sites excluding steroid dienone is 2. The molecule has 6 heteroatoms. The summed E-state index contributed by atoms with van der Waals surface area (Å²) in [6, 6.07) is 0. The summed E-state index contributed by atoms with van der Waals surface area (Å²) in [4.78, 5) is 12.0. The molecule has 1 rings (SSSR count). The van der Waals surface area contributed by atoms with Crippen molar-refractivity contribution in [3.05, 3.63) is 12.2 Å².